The number of carbonyl (C=O) groups is 1. The molecule has 2 rings (SSSR count). The molecule has 1 aromatic heterocycles. The van der Waals surface area contributed by atoms with Crippen molar-refractivity contribution < 1.29 is 14.3 Å². The van der Waals surface area contributed by atoms with Crippen LogP contribution in [0, 0.1) is 5.92 Å². The largest absolute Gasteiger partial charge is 0.488 e. The molecule has 1 aromatic carbocycles. The second-order valence-electron chi connectivity index (χ2n) is 5.67. The summed E-state index contributed by atoms with van der Waals surface area (Å²) >= 11 is 4.83. The molecule has 1 heterocycles. The molecule has 2 aromatic rings. The Balaban J connectivity index is 2.11. The van der Waals surface area contributed by atoms with E-state index in [1.54, 1.807) is 7.11 Å². The maximum atomic E-state index is 12.1. The highest BCUT2D eigenvalue weighted by atomic mass is 79.9. The van der Waals surface area contributed by atoms with Gasteiger partial charge in [0.2, 0.25) is 5.91 Å². The fourth-order valence-electron chi connectivity index (χ4n) is 2.01. The van der Waals surface area contributed by atoms with E-state index in [4.69, 9.17) is 9.47 Å². The van der Waals surface area contributed by atoms with E-state index in [9.17, 15) is 4.79 Å². The minimum Gasteiger partial charge on any atom is -0.488 e. The number of nitrogens with one attached hydrogen (secondary N) is 1. The minimum absolute atomic E-state index is 0.0234. The van der Waals surface area contributed by atoms with Gasteiger partial charge >= 0.3 is 0 Å². The predicted octanol–water partition coefficient (Wildman–Crippen LogP) is 4.07. The van der Waals surface area contributed by atoms with E-state index in [0.29, 0.717) is 11.7 Å². The first-order valence-corrected chi connectivity index (χ1v) is 9.15. The first-order valence-electron chi connectivity index (χ1n) is 7.41. The number of methoxy groups -OCH3 is 1. The van der Waals surface area contributed by atoms with Gasteiger partial charge in [0.1, 0.15) is 11.9 Å². The zero-order valence-electron chi connectivity index (χ0n) is 13.6. The molecule has 126 valence electrons. The Labute approximate surface area is 148 Å². The maximum absolute atomic E-state index is 12.1. The summed E-state index contributed by atoms with van der Waals surface area (Å²) in [6.07, 6.45) is -0.0234. The number of thiazole rings is 1. The fourth-order valence-corrected chi connectivity index (χ4v) is 3.02. The van der Waals surface area contributed by atoms with Crippen molar-refractivity contribution in [2.24, 2.45) is 5.92 Å². The topological polar surface area (TPSA) is 60.5 Å². The second-order valence-corrected chi connectivity index (χ2v) is 7.68. The van der Waals surface area contributed by atoms with Gasteiger partial charge in [0, 0.05) is 7.11 Å². The third kappa shape index (κ3) is 4.89. The van der Waals surface area contributed by atoms with Crippen molar-refractivity contribution in [1.82, 2.24) is 4.98 Å². The van der Waals surface area contributed by atoms with E-state index in [0.717, 1.165) is 16.0 Å². The summed E-state index contributed by atoms with van der Waals surface area (Å²) in [5, 5.41) is 3.45. The van der Waals surface area contributed by atoms with Gasteiger partial charge in [0.15, 0.2) is 5.13 Å². The third-order valence-electron chi connectivity index (χ3n) is 3.16. The number of benzene rings is 1. The van der Waals surface area contributed by atoms with Gasteiger partial charge in [-0.2, -0.15) is 0 Å². The molecule has 0 saturated heterocycles. The van der Waals surface area contributed by atoms with Crippen LogP contribution in [0.2, 0.25) is 0 Å². The van der Waals surface area contributed by atoms with Crippen molar-refractivity contribution in [3.05, 3.63) is 18.2 Å². The van der Waals surface area contributed by atoms with Crippen molar-refractivity contribution in [3.63, 3.8) is 0 Å². The van der Waals surface area contributed by atoms with Crippen LogP contribution in [-0.2, 0) is 9.53 Å². The summed E-state index contributed by atoms with van der Waals surface area (Å²) in [6, 6.07) is 5.70. The third-order valence-corrected chi connectivity index (χ3v) is 5.57. The monoisotopic (exact) mass is 400 g/mol. The van der Waals surface area contributed by atoms with Crippen LogP contribution in [-0.4, -0.2) is 35.5 Å². The molecular weight excluding hydrogens is 380 g/mol. The van der Waals surface area contributed by atoms with E-state index in [2.05, 4.69) is 26.2 Å². The van der Waals surface area contributed by atoms with E-state index in [1.165, 1.54) is 11.3 Å². The molecular formula is C16H21BrN2O3S. The summed E-state index contributed by atoms with van der Waals surface area (Å²) in [6.45, 7) is 6.46. The molecule has 1 amide bonds. The number of halogens is 1. The Kier molecular flexibility index (Phi) is 6.38. The van der Waals surface area contributed by atoms with E-state index in [-0.39, 0.29) is 22.8 Å². The Hall–Kier alpha value is -1.18. The number of rotatable bonds is 7. The number of anilines is 1. The van der Waals surface area contributed by atoms with Crippen LogP contribution in [0.1, 0.15) is 20.8 Å². The lowest BCUT2D eigenvalue weighted by Gasteiger charge is -2.13. The van der Waals surface area contributed by atoms with Crippen LogP contribution < -0.4 is 10.1 Å². The van der Waals surface area contributed by atoms with Crippen LogP contribution >= 0.6 is 27.3 Å². The van der Waals surface area contributed by atoms with Gasteiger partial charge in [-0.1, -0.05) is 41.1 Å². The molecule has 0 aliphatic carbocycles. The van der Waals surface area contributed by atoms with E-state index < -0.39 is 0 Å². The van der Waals surface area contributed by atoms with Gasteiger partial charge in [-0.05, 0) is 31.0 Å². The lowest BCUT2D eigenvalue weighted by Crippen LogP contribution is -2.26. The predicted molar refractivity (Wildman–Crippen MR) is 97.8 cm³/mol. The zero-order valence-corrected chi connectivity index (χ0v) is 16.0. The smallest absolute Gasteiger partial charge is 0.240 e. The zero-order chi connectivity index (χ0) is 17.0. The highest BCUT2D eigenvalue weighted by Crippen LogP contribution is 2.30. The molecule has 0 aliphatic heterocycles. The average molecular weight is 401 g/mol. The van der Waals surface area contributed by atoms with Crippen molar-refractivity contribution in [2.75, 3.05) is 19.0 Å². The van der Waals surface area contributed by atoms with E-state index in [1.807, 2.05) is 39.0 Å². The van der Waals surface area contributed by atoms with Crippen molar-refractivity contribution in [2.45, 2.75) is 31.7 Å². The van der Waals surface area contributed by atoms with Crippen LogP contribution in [0.15, 0.2) is 18.2 Å². The molecule has 5 nitrogen and oxygen atoms in total. The number of carbonyl (C=O) groups excluding carboxylic acids is 1. The molecule has 0 saturated carbocycles. The summed E-state index contributed by atoms with van der Waals surface area (Å²) in [4.78, 5) is 16.3. The lowest BCUT2D eigenvalue weighted by molar-refractivity contribution is -0.116. The average Bonchev–Trinajstić information content (AvgIpc) is 2.87. The van der Waals surface area contributed by atoms with Gasteiger partial charge in [0.25, 0.3) is 0 Å². The van der Waals surface area contributed by atoms with Crippen molar-refractivity contribution in [3.8, 4) is 5.75 Å². The van der Waals surface area contributed by atoms with Crippen LogP contribution in [0.25, 0.3) is 10.2 Å². The summed E-state index contributed by atoms with van der Waals surface area (Å²) < 4.78 is 11.8. The molecule has 0 spiro atoms. The first kappa shape index (κ1) is 18.2. The fraction of sp³-hybridized carbons (Fsp3) is 0.500. The number of ether oxygens (including phenoxy) is 2. The van der Waals surface area contributed by atoms with Crippen LogP contribution in [0.4, 0.5) is 5.13 Å². The molecule has 0 aliphatic rings. The quantitative estimate of drug-likeness (QED) is 0.711. The number of aromatic nitrogens is 1. The van der Waals surface area contributed by atoms with Gasteiger partial charge in [0.05, 0.1) is 21.7 Å². The number of hydrogen-bond acceptors (Lipinski definition) is 5. The van der Waals surface area contributed by atoms with Gasteiger partial charge in [-0.25, -0.2) is 4.98 Å². The second kappa shape index (κ2) is 8.08. The summed E-state index contributed by atoms with van der Waals surface area (Å²) in [7, 11) is 1.65. The SMILES string of the molecule is COC[C@@H](C)Oc1ccc2nc(NC(=O)[C@@H](Br)C(C)C)sc2c1. The molecule has 1 N–H and O–H groups in total. The molecule has 0 unspecified atom stereocenters. The molecule has 23 heavy (non-hydrogen) atoms. The molecule has 2 atom stereocenters. The number of fused-ring (bicyclic) bond motifs is 1. The Bertz CT molecular complexity index is 674. The highest BCUT2D eigenvalue weighted by Gasteiger charge is 2.20. The molecule has 0 fully saturated rings. The lowest BCUT2D eigenvalue weighted by atomic mass is 10.1. The highest BCUT2D eigenvalue weighted by molar-refractivity contribution is 9.10. The Morgan fingerprint density at radius 3 is 2.78 bits per heavy atom. The minimum atomic E-state index is -0.233. The normalized spacial score (nSPS) is 14.0. The molecule has 7 heteroatoms. The van der Waals surface area contributed by atoms with Crippen molar-refractivity contribution in [1.29, 1.82) is 0 Å². The van der Waals surface area contributed by atoms with Gasteiger partial charge in [-0.15, -0.1) is 0 Å². The Morgan fingerprint density at radius 2 is 2.13 bits per heavy atom. The van der Waals surface area contributed by atoms with Gasteiger partial charge in [-0.3, -0.25) is 4.79 Å². The first-order chi connectivity index (χ1) is 10.9. The van der Waals surface area contributed by atoms with Crippen LogP contribution in [0.5, 0.6) is 5.75 Å². The van der Waals surface area contributed by atoms with E-state index >= 15 is 0 Å². The molecule has 0 radical (unpaired) electrons. The molecule has 0 bridgehead atoms. The number of alkyl halides is 1. The van der Waals surface area contributed by atoms with Crippen LogP contribution in [0.3, 0.4) is 0 Å². The summed E-state index contributed by atoms with van der Waals surface area (Å²) in [5.41, 5.74) is 0.840. The summed E-state index contributed by atoms with van der Waals surface area (Å²) in [5.74, 6) is 0.903. The maximum Gasteiger partial charge on any atom is 0.240 e. The Morgan fingerprint density at radius 1 is 1.39 bits per heavy atom. The number of amides is 1. The standard InChI is InChI=1S/C16H21BrN2O3S/c1-9(2)14(17)15(20)19-16-18-12-6-5-11(7-13(12)23-16)22-10(3)8-21-4/h5-7,9-10,14H,8H2,1-4H3,(H,18,19,20)/t10-,14+/m1/s1. The number of hydrogen-bond donors (Lipinski definition) is 1. The van der Waals surface area contributed by atoms with Gasteiger partial charge < -0.3 is 14.8 Å². The number of nitrogens with zero attached hydrogens (tertiary/aromatic N) is 1. The van der Waals surface area contributed by atoms with Crippen molar-refractivity contribution >= 4 is 48.5 Å².